The van der Waals surface area contributed by atoms with Gasteiger partial charge in [0.05, 0.1) is 11.8 Å². The van der Waals surface area contributed by atoms with E-state index in [1.54, 1.807) is 4.31 Å². The summed E-state index contributed by atoms with van der Waals surface area (Å²) < 4.78 is 27.5. The van der Waals surface area contributed by atoms with E-state index in [2.05, 4.69) is 19.2 Å². The summed E-state index contributed by atoms with van der Waals surface area (Å²) in [4.78, 5) is 13.5. The van der Waals surface area contributed by atoms with Gasteiger partial charge in [0, 0.05) is 42.5 Å². The van der Waals surface area contributed by atoms with Crippen LogP contribution in [0.15, 0.2) is 24.3 Å². The van der Waals surface area contributed by atoms with Gasteiger partial charge in [-0.15, -0.1) is 0 Å². The van der Waals surface area contributed by atoms with Gasteiger partial charge in [0.1, 0.15) is 5.78 Å². The molecule has 0 aromatic heterocycles. The summed E-state index contributed by atoms with van der Waals surface area (Å²) in [5, 5.41) is 4.26. The lowest BCUT2D eigenvalue weighted by Crippen LogP contribution is -2.57. The second kappa shape index (κ2) is 12.2. The number of rotatable bonds is 9. The Bertz CT molecular complexity index is 984. The average molecular weight is 538 g/mol. The average Bonchev–Trinajstić information content (AvgIpc) is 2.96. The predicted molar refractivity (Wildman–Crippen MR) is 147 cm³/mol. The molecule has 7 atom stereocenters. The van der Waals surface area contributed by atoms with E-state index in [4.69, 9.17) is 17.3 Å². The van der Waals surface area contributed by atoms with Crippen molar-refractivity contribution < 1.29 is 13.2 Å². The van der Waals surface area contributed by atoms with Crippen molar-refractivity contribution in [3.8, 4) is 0 Å². The van der Waals surface area contributed by atoms with E-state index in [0.717, 1.165) is 57.1 Å². The van der Waals surface area contributed by atoms with Crippen molar-refractivity contribution >= 4 is 27.4 Å². The second-order valence-electron chi connectivity index (χ2n) is 11.7. The third-order valence-electron chi connectivity index (χ3n) is 8.89. The molecule has 2 heterocycles. The number of carbonyl (C=O) groups is 1. The number of Topliss-reactive ketones (excluding diaryl/α,β-unsaturated/α-hetero) is 1. The smallest absolute Gasteiger partial charge is 0.214 e. The molecule has 0 amide bonds. The van der Waals surface area contributed by atoms with Gasteiger partial charge in [0.15, 0.2) is 0 Å². The first-order valence-corrected chi connectivity index (χ1v) is 15.9. The van der Waals surface area contributed by atoms with Gasteiger partial charge in [-0.1, -0.05) is 56.8 Å². The van der Waals surface area contributed by atoms with Gasteiger partial charge in [-0.25, -0.2) is 8.42 Å². The Hall–Kier alpha value is -0.990. The van der Waals surface area contributed by atoms with Crippen molar-refractivity contribution in [3.63, 3.8) is 0 Å². The Balaban J connectivity index is 1.39. The molecule has 3 N–H and O–H groups in total. The highest BCUT2D eigenvalue weighted by Crippen LogP contribution is 2.38. The number of benzene rings is 1. The first-order chi connectivity index (χ1) is 17.2. The maximum absolute atomic E-state index is 13.5. The van der Waals surface area contributed by atoms with E-state index in [9.17, 15) is 13.2 Å². The largest absolute Gasteiger partial charge is 0.321 e. The molecule has 0 spiro atoms. The molecule has 3 aliphatic rings. The van der Waals surface area contributed by atoms with E-state index in [-0.39, 0.29) is 35.5 Å². The fourth-order valence-corrected chi connectivity index (χ4v) is 8.80. The Morgan fingerprint density at radius 2 is 1.78 bits per heavy atom. The van der Waals surface area contributed by atoms with Gasteiger partial charge in [-0.2, -0.15) is 4.31 Å². The number of nitrogens with zero attached hydrogens (tertiary/aromatic N) is 1. The summed E-state index contributed by atoms with van der Waals surface area (Å²) in [6.07, 6.45) is 8.55. The first-order valence-electron chi connectivity index (χ1n) is 13.9. The molecule has 1 aliphatic carbocycles. The zero-order valence-electron chi connectivity index (χ0n) is 21.9. The quantitative estimate of drug-likeness (QED) is 0.475. The van der Waals surface area contributed by atoms with Crippen molar-refractivity contribution in [3.05, 3.63) is 34.9 Å². The molecule has 1 aromatic carbocycles. The number of ketones is 1. The third-order valence-corrected chi connectivity index (χ3v) is 11.1. The molecule has 8 heteroatoms. The lowest BCUT2D eigenvalue weighted by Gasteiger charge is -2.39. The van der Waals surface area contributed by atoms with Crippen molar-refractivity contribution in [2.45, 2.75) is 95.7 Å². The molecule has 2 aliphatic heterocycles. The van der Waals surface area contributed by atoms with Crippen LogP contribution in [0.1, 0.15) is 83.1 Å². The first kappa shape index (κ1) is 28.0. The number of halogens is 1. The van der Waals surface area contributed by atoms with Crippen LogP contribution in [0.4, 0.5) is 0 Å². The van der Waals surface area contributed by atoms with Crippen LogP contribution >= 0.6 is 11.6 Å². The van der Waals surface area contributed by atoms with Gasteiger partial charge >= 0.3 is 0 Å². The van der Waals surface area contributed by atoms with Crippen LogP contribution in [0.25, 0.3) is 0 Å². The topological polar surface area (TPSA) is 92.5 Å². The molecule has 36 heavy (non-hydrogen) atoms. The SMILES string of the molecule is CC(C)[C@H](c1ccc(Cl)cc1)[C@H](N)C(=O)C[C@H]1CCCC[C@@H]1CC[C@H]1CN[C@@H]2CCCS(=O)(=O)N1C2. The summed E-state index contributed by atoms with van der Waals surface area (Å²) in [6, 6.07) is 7.50. The Kier molecular flexibility index (Phi) is 9.54. The van der Waals surface area contributed by atoms with Crippen LogP contribution in [0.5, 0.6) is 0 Å². The number of hydrogen-bond donors (Lipinski definition) is 2. The van der Waals surface area contributed by atoms with Crippen molar-refractivity contribution in [1.29, 1.82) is 0 Å². The summed E-state index contributed by atoms with van der Waals surface area (Å²) in [5.41, 5.74) is 7.69. The summed E-state index contributed by atoms with van der Waals surface area (Å²) in [7, 11) is -3.17. The molecule has 3 fully saturated rings. The van der Waals surface area contributed by atoms with Crippen molar-refractivity contribution in [1.82, 2.24) is 9.62 Å². The molecule has 1 aromatic rings. The minimum Gasteiger partial charge on any atom is -0.321 e. The number of sulfonamides is 1. The van der Waals surface area contributed by atoms with E-state index in [1.807, 2.05) is 24.3 Å². The monoisotopic (exact) mass is 537 g/mol. The Morgan fingerprint density at radius 3 is 2.47 bits per heavy atom. The van der Waals surface area contributed by atoms with Crippen LogP contribution in [0, 0.1) is 17.8 Å². The minimum atomic E-state index is -3.17. The van der Waals surface area contributed by atoms with Gasteiger partial charge in [-0.05, 0) is 67.6 Å². The Morgan fingerprint density at radius 1 is 1.08 bits per heavy atom. The molecule has 6 nitrogen and oxygen atoms in total. The van der Waals surface area contributed by atoms with Gasteiger partial charge in [0.25, 0.3) is 0 Å². The number of piperazine rings is 1. The van der Waals surface area contributed by atoms with Crippen LogP contribution in [-0.2, 0) is 14.8 Å². The molecule has 1 unspecified atom stereocenters. The molecular formula is C28H44ClN3O3S. The molecule has 1 saturated carbocycles. The van der Waals surface area contributed by atoms with Gasteiger partial charge in [0.2, 0.25) is 10.0 Å². The fraction of sp³-hybridized carbons (Fsp3) is 0.750. The van der Waals surface area contributed by atoms with Crippen LogP contribution in [-0.4, -0.2) is 55.5 Å². The number of nitrogens with two attached hydrogens (primary N) is 1. The second-order valence-corrected chi connectivity index (χ2v) is 14.2. The molecule has 0 radical (unpaired) electrons. The van der Waals surface area contributed by atoms with Gasteiger partial charge in [-0.3, -0.25) is 4.79 Å². The molecule has 2 bridgehead atoms. The maximum Gasteiger partial charge on any atom is 0.214 e. The molecule has 2 saturated heterocycles. The maximum atomic E-state index is 13.5. The summed E-state index contributed by atoms with van der Waals surface area (Å²) >= 11 is 6.08. The highest BCUT2D eigenvalue weighted by Gasteiger charge is 2.39. The highest BCUT2D eigenvalue weighted by atomic mass is 35.5. The van der Waals surface area contributed by atoms with Crippen LogP contribution in [0.2, 0.25) is 5.02 Å². The van der Waals surface area contributed by atoms with E-state index >= 15 is 0 Å². The lowest BCUT2D eigenvalue weighted by atomic mass is 9.72. The Labute approximate surface area is 222 Å². The van der Waals surface area contributed by atoms with Crippen LogP contribution in [0.3, 0.4) is 0 Å². The predicted octanol–water partition coefficient (Wildman–Crippen LogP) is 4.72. The van der Waals surface area contributed by atoms with Crippen molar-refractivity contribution in [2.24, 2.45) is 23.5 Å². The summed E-state index contributed by atoms with van der Waals surface area (Å²) in [6.45, 7) is 5.59. The zero-order chi connectivity index (χ0) is 25.9. The minimum absolute atomic E-state index is 0.0279. The summed E-state index contributed by atoms with van der Waals surface area (Å²) in [5.74, 6) is 1.41. The van der Waals surface area contributed by atoms with E-state index < -0.39 is 16.1 Å². The standard InChI is InChI=1S/C28H44ClN3O3S/c1-19(2)27(21-9-12-23(29)13-10-21)28(30)26(33)16-22-7-4-3-6-20(22)11-14-25-17-31-24-8-5-15-36(34,35)32(25)18-24/h9-10,12-13,19-20,22,24-25,27-28,31H,3-8,11,14-18,30H2,1-2H3/t20-,22-,24-,25+,27-,28-/m1/s1. The number of carbonyl (C=O) groups excluding carboxylic acids is 1. The number of fused-ring (bicyclic) bond motifs is 2. The molecule has 4 rings (SSSR count). The van der Waals surface area contributed by atoms with Crippen LogP contribution < -0.4 is 11.1 Å². The van der Waals surface area contributed by atoms with Crippen molar-refractivity contribution in [2.75, 3.05) is 18.8 Å². The highest BCUT2D eigenvalue weighted by molar-refractivity contribution is 7.89. The molecule has 202 valence electrons. The third kappa shape index (κ3) is 6.71. The fourth-order valence-electron chi connectivity index (χ4n) is 6.87. The van der Waals surface area contributed by atoms with Gasteiger partial charge < -0.3 is 11.1 Å². The zero-order valence-corrected chi connectivity index (χ0v) is 23.4. The lowest BCUT2D eigenvalue weighted by molar-refractivity contribution is -0.122. The van der Waals surface area contributed by atoms with E-state index in [1.165, 1.54) is 6.42 Å². The number of hydrogen-bond acceptors (Lipinski definition) is 5. The number of nitrogens with one attached hydrogen (secondary N) is 1. The normalized spacial score (nSPS) is 32.0. The van der Waals surface area contributed by atoms with E-state index in [0.29, 0.717) is 29.8 Å². The molecular weight excluding hydrogens is 494 g/mol.